The van der Waals surface area contributed by atoms with E-state index in [-0.39, 0.29) is 17.4 Å². The highest BCUT2D eigenvalue weighted by Crippen LogP contribution is 2.35. The maximum atomic E-state index is 12.8. The number of fused-ring (bicyclic) bond motifs is 1. The van der Waals surface area contributed by atoms with Gasteiger partial charge >= 0.3 is 0 Å². The van der Waals surface area contributed by atoms with Crippen molar-refractivity contribution < 1.29 is 4.79 Å². The Bertz CT molecular complexity index is 520. The molecule has 1 amide bonds. The SMILES string of the molecule is CC1CC(C(=O)NC2(C)CCCCC2)c2ccccc2N1. The van der Waals surface area contributed by atoms with Gasteiger partial charge in [-0.2, -0.15) is 0 Å². The molecule has 3 heteroatoms. The monoisotopic (exact) mass is 286 g/mol. The first-order chi connectivity index (χ1) is 10.1. The number of rotatable bonds is 2. The van der Waals surface area contributed by atoms with E-state index in [9.17, 15) is 4.79 Å². The van der Waals surface area contributed by atoms with E-state index in [0.29, 0.717) is 6.04 Å². The standard InChI is InChI=1S/C18H26N2O/c1-13-12-15(14-8-4-5-9-16(14)19-13)17(21)20-18(2)10-6-3-7-11-18/h4-5,8-9,13,15,19H,3,6-7,10-12H2,1-2H3,(H,20,21). The van der Waals surface area contributed by atoms with Crippen LogP contribution in [0, 0.1) is 0 Å². The summed E-state index contributed by atoms with van der Waals surface area (Å²) < 4.78 is 0. The number of benzene rings is 1. The number of amides is 1. The van der Waals surface area contributed by atoms with E-state index in [1.165, 1.54) is 19.3 Å². The second-order valence-electron chi connectivity index (χ2n) is 7.03. The number of carbonyl (C=O) groups excluding carboxylic acids is 1. The van der Waals surface area contributed by atoms with Crippen molar-refractivity contribution in [3.05, 3.63) is 29.8 Å². The molecule has 3 nitrogen and oxygen atoms in total. The summed E-state index contributed by atoms with van der Waals surface area (Å²) in [5, 5.41) is 6.84. The van der Waals surface area contributed by atoms with Crippen LogP contribution in [0.2, 0.25) is 0 Å². The van der Waals surface area contributed by atoms with Gasteiger partial charge in [-0.1, -0.05) is 37.5 Å². The van der Waals surface area contributed by atoms with Crippen molar-refractivity contribution in [1.29, 1.82) is 0 Å². The quantitative estimate of drug-likeness (QED) is 0.868. The first-order valence-electron chi connectivity index (χ1n) is 8.25. The van der Waals surface area contributed by atoms with E-state index in [1.807, 2.05) is 12.1 Å². The molecule has 2 aliphatic rings. The zero-order valence-electron chi connectivity index (χ0n) is 13.1. The molecule has 0 spiro atoms. The maximum absolute atomic E-state index is 12.8. The van der Waals surface area contributed by atoms with Gasteiger partial charge in [-0.05, 0) is 44.7 Å². The van der Waals surface area contributed by atoms with E-state index >= 15 is 0 Å². The highest BCUT2D eigenvalue weighted by Gasteiger charge is 2.34. The van der Waals surface area contributed by atoms with Crippen LogP contribution in [-0.2, 0) is 4.79 Å². The lowest BCUT2D eigenvalue weighted by Gasteiger charge is -2.37. The molecule has 2 N–H and O–H groups in total. The third kappa shape index (κ3) is 3.07. The van der Waals surface area contributed by atoms with Crippen molar-refractivity contribution in [2.75, 3.05) is 5.32 Å². The van der Waals surface area contributed by atoms with Crippen LogP contribution in [-0.4, -0.2) is 17.5 Å². The minimum atomic E-state index is -0.0174. The van der Waals surface area contributed by atoms with Gasteiger partial charge in [0, 0.05) is 17.3 Å². The van der Waals surface area contributed by atoms with E-state index in [1.54, 1.807) is 0 Å². The smallest absolute Gasteiger partial charge is 0.228 e. The molecular weight excluding hydrogens is 260 g/mol. The summed E-state index contributed by atoms with van der Waals surface area (Å²) in [6.07, 6.45) is 6.87. The molecule has 1 fully saturated rings. The van der Waals surface area contributed by atoms with E-state index in [4.69, 9.17) is 0 Å². The summed E-state index contributed by atoms with van der Waals surface area (Å²) in [5.41, 5.74) is 2.26. The molecule has 1 saturated carbocycles. The zero-order chi connectivity index (χ0) is 14.9. The molecule has 0 bridgehead atoms. The summed E-state index contributed by atoms with van der Waals surface area (Å²) >= 11 is 0. The van der Waals surface area contributed by atoms with Crippen molar-refractivity contribution in [3.63, 3.8) is 0 Å². The fourth-order valence-electron chi connectivity index (χ4n) is 3.83. The van der Waals surface area contributed by atoms with Crippen molar-refractivity contribution >= 4 is 11.6 Å². The average molecular weight is 286 g/mol. The minimum Gasteiger partial charge on any atom is -0.382 e. The van der Waals surface area contributed by atoms with Crippen LogP contribution in [0.15, 0.2) is 24.3 Å². The molecule has 0 saturated heterocycles. The summed E-state index contributed by atoms with van der Waals surface area (Å²) in [7, 11) is 0. The predicted octanol–water partition coefficient (Wildman–Crippen LogP) is 3.81. The van der Waals surface area contributed by atoms with Crippen LogP contribution in [0.3, 0.4) is 0 Å². The fourth-order valence-corrected chi connectivity index (χ4v) is 3.83. The number of nitrogens with one attached hydrogen (secondary N) is 2. The van der Waals surface area contributed by atoms with Gasteiger partial charge in [-0.3, -0.25) is 4.79 Å². The minimum absolute atomic E-state index is 0.00160. The largest absolute Gasteiger partial charge is 0.382 e. The zero-order valence-corrected chi connectivity index (χ0v) is 13.1. The molecule has 0 radical (unpaired) electrons. The Morgan fingerprint density at radius 3 is 2.71 bits per heavy atom. The topological polar surface area (TPSA) is 41.1 Å². The Morgan fingerprint density at radius 1 is 1.24 bits per heavy atom. The van der Waals surface area contributed by atoms with Crippen molar-refractivity contribution in [1.82, 2.24) is 5.32 Å². The van der Waals surface area contributed by atoms with Gasteiger partial charge in [0.2, 0.25) is 5.91 Å². The van der Waals surface area contributed by atoms with E-state index in [0.717, 1.165) is 30.5 Å². The molecule has 3 rings (SSSR count). The molecule has 2 unspecified atom stereocenters. The normalized spacial score (nSPS) is 27.3. The first-order valence-corrected chi connectivity index (χ1v) is 8.25. The van der Waals surface area contributed by atoms with Crippen LogP contribution in [0.25, 0.3) is 0 Å². The molecule has 2 atom stereocenters. The summed E-state index contributed by atoms with van der Waals surface area (Å²) in [4.78, 5) is 12.8. The predicted molar refractivity (Wildman–Crippen MR) is 86.5 cm³/mol. The molecule has 1 heterocycles. The third-order valence-corrected chi connectivity index (χ3v) is 5.03. The van der Waals surface area contributed by atoms with Crippen molar-refractivity contribution in [2.45, 2.75) is 69.9 Å². The molecule has 21 heavy (non-hydrogen) atoms. The van der Waals surface area contributed by atoms with E-state index in [2.05, 4.69) is 36.6 Å². The van der Waals surface area contributed by atoms with Gasteiger partial charge in [-0.15, -0.1) is 0 Å². The highest BCUT2D eigenvalue weighted by atomic mass is 16.2. The molecular formula is C18H26N2O. The Balaban J connectivity index is 1.78. The molecule has 1 aromatic rings. The number of hydrogen-bond donors (Lipinski definition) is 2. The first kappa shape index (κ1) is 14.4. The Hall–Kier alpha value is -1.51. The van der Waals surface area contributed by atoms with Crippen LogP contribution < -0.4 is 10.6 Å². The second-order valence-corrected chi connectivity index (χ2v) is 7.03. The van der Waals surface area contributed by atoms with E-state index < -0.39 is 0 Å². The van der Waals surface area contributed by atoms with Crippen LogP contribution in [0.1, 0.15) is 63.9 Å². The molecule has 114 valence electrons. The van der Waals surface area contributed by atoms with Crippen molar-refractivity contribution in [2.24, 2.45) is 0 Å². The van der Waals surface area contributed by atoms with Crippen LogP contribution in [0.5, 0.6) is 0 Å². The van der Waals surface area contributed by atoms with Crippen LogP contribution >= 0.6 is 0 Å². The molecule has 1 aliphatic carbocycles. The average Bonchev–Trinajstić information content (AvgIpc) is 2.46. The lowest BCUT2D eigenvalue weighted by Crippen LogP contribution is -2.49. The summed E-state index contributed by atoms with van der Waals surface area (Å²) in [5.74, 6) is 0.191. The van der Waals surface area contributed by atoms with Gasteiger partial charge in [-0.25, -0.2) is 0 Å². The van der Waals surface area contributed by atoms with Crippen LogP contribution in [0.4, 0.5) is 5.69 Å². The van der Waals surface area contributed by atoms with Gasteiger partial charge < -0.3 is 10.6 Å². The summed E-state index contributed by atoms with van der Waals surface area (Å²) in [6, 6.07) is 8.56. The Labute approximate surface area is 127 Å². The molecule has 0 aromatic heterocycles. The number of anilines is 1. The number of carbonyl (C=O) groups is 1. The number of para-hydroxylation sites is 1. The van der Waals surface area contributed by atoms with Gasteiger partial charge in [0.25, 0.3) is 0 Å². The second kappa shape index (κ2) is 5.70. The molecule has 1 aliphatic heterocycles. The lowest BCUT2D eigenvalue weighted by atomic mass is 9.81. The summed E-state index contributed by atoms with van der Waals surface area (Å²) in [6.45, 7) is 4.36. The molecule has 1 aromatic carbocycles. The number of hydrogen-bond acceptors (Lipinski definition) is 2. The Morgan fingerprint density at radius 2 is 1.95 bits per heavy atom. The lowest BCUT2D eigenvalue weighted by molar-refractivity contribution is -0.125. The van der Waals surface area contributed by atoms with Crippen molar-refractivity contribution in [3.8, 4) is 0 Å². The van der Waals surface area contributed by atoms with Gasteiger partial charge in [0.15, 0.2) is 0 Å². The fraction of sp³-hybridized carbons (Fsp3) is 0.611. The highest BCUT2D eigenvalue weighted by molar-refractivity contribution is 5.87. The van der Waals surface area contributed by atoms with Gasteiger partial charge in [0.05, 0.1) is 5.92 Å². The van der Waals surface area contributed by atoms with Gasteiger partial charge in [0.1, 0.15) is 0 Å². The Kier molecular flexibility index (Phi) is 3.92. The maximum Gasteiger partial charge on any atom is 0.228 e. The third-order valence-electron chi connectivity index (χ3n) is 5.03.